The van der Waals surface area contributed by atoms with Gasteiger partial charge in [0.1, 0.15) is 0 Å². The van der Waals surface area contributed by atoms with Gasteiger partial charge in [-0.1, -0.05) is 17.7 Å². The van der Waals surface area contributed by atoms with E-state index in [1.165, 1.54) is 0 Å². The SMILES string of the molecule is O=C(NNc1cccnc1Cl)C1CC1c1cccnc1. The third-order valence-electron chi connectivity index (χ3n) is 3.32. The molecule has 1 amide bonds. The second-order valence-corrected chi connectivity index (χ2v) is 5.05. The molecule has 3 rings (SSSR count). The van der Waals surface area contributed by atoms with Gasteiger partial charge >= 0.3 is 0 Å². The molecule has 1 aliphatic rings. The van der Waals surface area contributed by atoms with Gasteiger partial charge in [0.2, 0.25) is 5.91 Å². The third kappa shape index (κ3) is 2.72. The molecule has 1 fully saturated rings. The maximum Gasteiger partial charge on any atom is 0.242 e. The average molecular weight is 289 g/mol. The zero-order valence-electron chi connectivity index (χ0n) is 10.6. The van der Waals surface area contributed by atoms with E-state index in [0.717, 1.165) is 12.0 Å². The highest BCUT2D eigenvalue weighted by Gasteiger charge is 2.44. The molecule has 2 atom stereocenters. The molecule has 0 aromatic carbocycles. The Morgan fingerprint density at radius 2 is 2.15 bits per heavy atom. The number of amides is 1. The maximum absolute atomic E-state index is 12.0. The topological polar surface area (TPSA) is 66.9 Å². The normalized spacial score (nSPS) is 20.2. The van der Waals surface area contributed by atoms with Crippen LogP contribution in [0.1, 0.15) is 17.9 Å². The summed E-state index contributed by atoms with van der Waals surface area (Å²) in [6.07, 6.45) is 5.98. The number of halogens is 1. The van der Waals surface area contributed by atoms with E-state index in [0.29, 0.717) is 10.8 Å². The molecule has 0 spiro atoms. The largest absolute Gasteiger partial charge is 0.295 e. The van der Waals surface area contributed by atoms with Crippen LogP contribution in [-0.2, 0) is 4.79 Å². The highest BCUT2D eigenvalue weighted by molar-refractivity contribution is 6.31. The van der Waals surface area contributed by atoms with Crippen LogP contribution in [0.15, 0.2) is 42.9 Å². The molecule has 2 N–H and O–H groups in total. The smallest absolute Gasteiger partial charge is 0.242 e. The van der Waals surface area contributed by atoms with Crippen molar-refractivity contribution in [3.8, 4) is 0 Å². The van der Waals surface area contributed by atoms with E-state index in [-0.39, 0.29) is 17.7 Å². The Morgan fingerprint density at radius 1 is 1.30 bits per heavy atom. The van der Waals surface area contributed by atoms with Crippen molar-refractivity contribution < 1.29 is 4.79 Å². The van der Waals surface area contributed by atoms with E-state index in [1.54, 1.807) is 24.5 Å². The van der Waals surface area contributed by atoms with E-state index >= 15 is 0 Å². The van der Waals surface area contributed by atoms with Crippen LogP contribution in [0, 0.1) is 5.92 Å². The molecule has 2 aromatic heterocycles. The van der Waals surface area contributed by atoms with E-state index in [4.69, 9.17) is 11.6 Å². The van der Waals surface area contributed by atoms with Crippen LogP contribution in [0.25, 0.3) is 0 Å². The molecule has 0 radical (unpaired) electrons. The molecule has 1 aliphatic carbocycles. The molecule has 2 aromatic rings. The lowest BCUT2D eigenvalue weighted by molar-refractivity contribution is -0.121. The zero-order chi connectivity index (χ0) is 13.9. The van der Waals surface area contributed by atoms with Crippen molar-refractivity contribution in [3.05, 3.63) is 53.6 Å². The predicted molar refractivity (Wildman–Crippen MR) is 76.1 cm³/mol. The van der Waals surface area contributed by atoms with Gasteiger partial charge in [-0.15, -0.1) is 0 Å². The molecule has 102 valence electrons. The first-order valence-electron chi connectivity index (χ1n) is 6.32. The molecule has 6 heteroatoms. The van der Waals surface area contributed by atoms with Crippen LogP contribution < -0.4 is 10.9 Å². The van der Waals surface area contributed by atoms with E-state index in [1.807, 2.05) is 18.3 Å². The summed E-state index contributed by atoms with van der Waals surface area (Å²) < 4.78 is 0. The number of pyridine rings is 2. The number of nitrogens with zero attached hydrogens (tertiary/aromatic N) is 2. The number of carbonyl (C=O) groups excluding carboxylic acids is 1. The Balaban J connectivity index is 1.56. The van der Waals surface area contributed by atoms with Crippen LogP contribution in [0.3, 0.4) is 0 Å². The number of rotatable bonds is 4. The Hall–Kier alpha value is -2.14. The summed E-state index contributed by atoms with van der Waals surface area (Å²) >= 11 is 5.89. The first-order chi connectivity index (χ1) is 9.75. The Bertz CT molecular complexity index is 620. The van der Waals surface area contributed by atoms with Crippen molar-refractivity contribution in [3.63, 3.8) is 0 Å². The molecular formula is C14H13ClN4O. The van der Waals surface area contributed by atoms with Crippen LogP contribution in [-0.4, -0.2) is 15.9 Å². The fourth-order valence-electron chi connectivity index (χ4n) is 2.15. The number of carbonyl (C=O) groups is 1. The number of hydrazine groups is 1. The first-order valence-corrected chi connectivity index (χ1v) is 6.70. The van der Waals surface area contributed by atoms with Crippen molar-refractivity contribution >= 4 is 23.2 Å². The Labute approximate surface area is 121 Å². The van der Waals surface area contributed by atoms with Gasteiger partial charge in [0.25, 0.3) is 0 Å². The molecule has 0 saturated heterocycles. The van der Waals surface area contributed by atoms with Crippen LogP contribution in [0.2, 0.25) is 5.15 Å². The van der Waals surface area contributed by atoms with E-state index in [2.05, 4.69) is 20.8 Å². The van der Waals surface area contributed by atoms with Gasteiger partial charge < -0.3 is 0 Å². The van der Waals surface area contributed by atoms with E-state index < -0.39 is 0 Å². The summed E-state index contributed by atoms with van der Waals surface area (Å²) in [7, 11) is 0. The number of anilines is 1. The number of hydrogen-bond donors (Lipinski definition) is 2. The maximum atomic E-state index is 12.0. The Kier molecular flexibility index (Phi) is 3.52. The highest BCUT2D eigenvalue weighted by atomic mass is 35.5. The molecule has 0 bridgehead atoms. The van der Waals surface area contributed by atoms with Crippen LogP contribution >= 0.6 is 11.6 Å². The summed E-state index contributed by atoms with van der Waals surface area (Å²) in [4.78, 5) is 20.0. The minimum atomic E-state index is -0.0428. The van der Waals surface area contributed by atoms with E-state index in [9.17, 15) is 4.79 Å². The van der Waals surface area contributed by atoms with Gasteiger partial charge in [0, 0.05) is 24.5 Å². The lowest BCUT2D eigenvalue weighted by Crippen LogP contribution is -2.31. The lowest BCUT2D eigenvalue weighted by Gasteiger charge is -2.09. The summed E-state index contributed by atoms with van der Waals surface area (Å²) in [6.45, 7) is 0. The summed E-state index contributed by atoms with van der Waals surface area (Å²) in [5.74, 6) is 0.204. The minimum Gasteiger partial charge on any atom is -0.295 e. The number of nitrogens with one attached hydrogen (secondary N) is 2. The van der Waals surface area contributed by atoms with Gasteiger partial charge in [0.15, 0.2) is 5.15 Å². The summed E-state index contributed by atoms with van der Waals surface area (Å²) in [6, 6.07) is 7.38. The van der Waals surface area contributed by atoms with Crippen molar-refractivity contribution in [1.29, 1.82) is 0 Å². The first kappa shape index (κ1) is 12.9. The average Bonchev–Trinajstić information content (AvgIpc) is 3.28. The molecule has 20 heavy (non-hydrogen) atoms. The van der Waals surface area contributed by atoms with Gasteiger partial charge in [-0.25, -0.2) is 4.98 Å². The second kappa shape index (κ2) is 5.46. The monoisotopic (exact) mass is 288 g/mol. The van der Waals surface area contributed by atoms with Crippen LogP contribution in [0.5, 0.6) is 0 Å². The molecule has 2 unspecified atom stereocenters. The van der Waals surface area contributed by atoms with Crippen molar-refractivity contribution in [2.24, 2.45) is 5.92 Å². The highest BCUT2D eigenvalue weighted by Crippen LogP contribution is 2.47. The molecule has 1 saturated carbocycles. The summed E-state index contributed by atoms with van der Waals surface area (Å²) in [5.41, 5.74) is 7.15. The standard InChI is InChI=1S/C14H13ClN4O/c15-13-12(4-2-6-17-13)18-19-14(20)11-7-10(11)9-3-1-5-16-8-9/h1-6,8,10-11,18H,7H2,(H,19,20). The molecule has 2 heterocycles. The summed E-state index contributed by atoms with van der Waals surface area (Å²) in [5, 5.41) is 0.326. The lowest BCUT2D eigenvalue weighted by atomic mass is 10.1. The third-order valence-corrected chi connectivity index (χ3v) is 3.62. The fourth-order valence-corrected chi connectivity index (χ4v) is 2.32. The van der Waals surface area contributed by atoms with Crippen molar-refractivity contribution in [2.45, 2.75) is 12.3 Å². The molecular weight excluding hydrogens is 276 g/mol. The van der Waals surface area contributed by atoms with Crippen molar-refractivity contribution in [2.75, 3.05) is 5.43 Å². The zero-order valence-corrected chi connectivity index (χ0v) is 11.3. The van der Waals surface area contributed by atoms with Gasteiger partial charge in [-0.2, -0.15) is 0 Å². The molecule has 0 aliphatic heterocycles. The molecule has 5 nitrogen and oxygen atoms in total. The quantitative estimate of drug-likeness (QED) is 0.669. The number of hydrogen-bond acceptors (Lipinski definition) is 4. The fraction of sp³-hybridized carbons (Fsp3) is 0.214. The minimum absolute atomic E-state index is 0.0119. The Morgan fingerprint density at radius 3 is 2.90 bits per heavy atom. The number of aromatic nitrogens is 2. The van der Waals surface area contributed by atoms with Crippen molar-refractivity contribution in [1.82, 2.24) is 15.4 Å². The van der Waals surface area contributed by atoms with Gasteiger partial charge in [0.05, 0.1) is 5.69 Å². The second-order valence-electron chi connectivity index (χ2n) is 4.69. The van der Waals surface area contributed by atoms with Crippen LogP contribution in [0.4, 0.5) is 5.69 Å². The predicted octanol–water partition coefficient (Wildman–Crippen LogP) is 2.38. The van der Waals surface area contributed by atoms with Gasteiger partial charge in [-0.3, -0.25) is 20.6 Å². The van der Waals surface area contributed by atoms with Gasteiger partial charge in [-0.05, 0) is 36.1 Å².